The van der Waals surface area contributed by atoms with Gasteiger partial charge < -0.3 is 20.7 Å². The number of carbonyl (C=O) groups excluding carboxylic acids is 2. The Morgan fingerprint density at radius 2 is 2.15 bits per heavy atom. The maximum atomic E-state index is 13.5. The van der Waals surface area contributed by atoms with Gasteiger partial charge in [0.05, 0.1) is 17.7 Å². The normalized spacial score (nSPS) is 13.2. The lowest BCUT2D eigenvalue weighted by Crippen LogP contribution is -2.40. The Morgan fingerprint density at radius 3 is 2.91 bits per heavy atom. The molecule has 0 aliphatic heterocycles. The standard InChI is InChI=1S/C23H24N6O3S2/c1-13-18(29-10-11-33-23(29)26-13)20(30)25-8-9-28(15-6-7-15)21(31)17-19(34-22(24)27-17)14-4-3-5-16(12-14)32-2/h3-5,10-12,15H,6-9H2,1-2H3,(H2,24,27)(H,25,30). The van der Waals surface area contributed by atoms with Crippen LogP contribution in [0.4, 0.5) is 5.13 Å². The molecule has 1 aliphatic rings. The third-order valence-electron chi connectivity index (χ3n) is 5.72. The first-order chi connectivity index (χ1) is 16.5. The number of benzene rings is 1. The second-order valence-corrected chi connectivity index (χ2v) is 9.95. The number of amides is 2. The Bertz CT molecular complexity index is 1370. The number of imidazole rings is 1. The molecule has 2 amide bonds. The fraction of sp³-hybridized carbons (Fsp3) is 0.304. The minimum atomic E-state index is -0.207. The van der Waals surface area contributed by atoms with Crippen LogP contribution in [-0.2, 0) is 0 Å². The first kappa shape index (κ1) is 22.4. The molecular formula is C23H24N6O3S2. The number of fused-ring (bicyclic) bond motifs is 1. The molecule has 9 nitrogen and oxygen atoms in total. The lowest BCUT2D eigenvalue weighted by molar-refractivity contribution is 0.0732. The van der Waals surface area contributed by atoms with Crippen molar-refractivity contribution in [3.63, 3.8) is 0 Å². The number of nitrogens with zero attached hydrogens (tertiary/aromatic N) is 4. The summed E-state index contributed by atoms with van der Waals surface area (Å²) in [6, 6.07) is 7.64. The minimum Gasteiger partial charge on any atom is -0.497 e. The van der Waals surface area contributed by atoms with Gasteiger partial charge in [0.25, 0.3) is 11.8 Å². The number of methoxy groups -OCH3 is 1. The summed E-state index contributed by atoms with van der Waals surface area (Å²) in [6.45, 7) is 2.53. The molecule has 0 atom stereocenters. The van der Waals surface area contributed by atoms with Gasteiger partial charge in [0.1, 0.15) is 17.1 Å². The van der Waals surface area contributed by atoms with Gasteiger partial charge in [0, 0.05) is 30.7 Å². The molecule has 0 unspecified atom stereocenters. The Morgan fingerprint density at radius 1 is 1.32 bits per heavy atom. The number of nitrogens with two attached hydrogens (primary N) is 1. The summed E-state index contributed by atoms with van der Waals surface area (Å²) >= 11 is 2.76. The third-order valence-corrected chi connectivity index (χ3v) is 7.41. The average Bonchev–Trinajstić information content (AvgIpc) is 3.31. The van der Waals surface area contributed by atoms with Gasteiger partial charge in [-0.05, 0) is 37.5 Å². The highest BCUT2D eigenvalue weighted by Crippen LogP contribution is 2.36. The fourth-order valence-corrected chi connectivity index (χ4v) is 5.54. The van der Waals surface area contributed by atoms with Crippen molar-refractivity contribution in [1.29, 1.82) is 0 Å². The van der Waals surface area contributed by atoms with Gasteiger partial charge in [-0.2, -0.15) is 0 Å². The summed E-state index contributed by atoms with van der Waals surface area (Å²) in [5, 5.41) is 5.17. The number of anilines is 1. The number of hydrogen-bond donors (Lipinski definition) is 2. The van der Waals surface area contributed by atoms with Crippen LogP contribution in [0.3, 0.4) is 0 Å². The number of aromatic nitrogens is 3. The van der Waals surface area contributed by atoms with Crippen LogP contribution in [0, 0.1) is 6.92 Å². The third kappa shape index (κ3) is 4.24. The van der Waals surface area contributed by atoms with Gasteiger partial charge >= 0.3 is 0 Å². The molecule has 1 saturated carbocycles. The van der Waals surface area contributed by atoms with E-state index in [1.54, 1.807) is 16.4 Å². The van der Waals surface area contributed by atoms with Gasteiger partial charge in [0.15, 0.2) is 10.1 Å². The highest BCUT2D eigenvalue weighted by atomic mass is 32.1. The Hall–Kier alpha value is -3.44. The van der Waals surface area contributed by atoms with Crippen molar-refractivity contribution in [3.05, 3.63) is 52.9 Å². The van der Waals surface area contributed by atoms with E-state index >= 15 is 0 Å². The van der Waals surface area contributed by atoms with Crippen LogP contribution in [0.25, 0.3) is 15.4 Å². The van der Waals surface area contributed by atoms with E-state index < -0.39 is 0 Å². The zero-order valence-electron chi connectivity index (χ0n) is 18.8. The minimum absolute atomic E-state index is 0.144. The molecule has 11 heteroatoms. The fourth-order valence-electron chi connectivity index (χ4n) is 3.95. The average molecular weight is 497 g/mol. The Kier molecular flexibility index (Phi) is 5.96. The first-order valence-corrected chi connectivity index (χ1v) is 12.6. The molecule has 4 aromatic rings. The second-order valence-electron chi connectivity index (χ2n) is 8.05. The summed E-state index contributed by atoms with van der Waals surface area (Å²) in [5.74, 6) is 0.310. The molecule has 0 spiro atoms. The van der Waals surface area contributed by atoms with Crippen molar-refractivity contribution in [2.45, 2.75) is 25.8 Å². The van der Waals surface area contributed by atoms with Crippen LogP contribution < -0.4 is 15.8 Å². The molecule has 176 valence electrons. The molecule has 0 bridgehead atoms. The number of aryl methyl sites for hydroxylation is 1. The Labute approximate surface area is 204 Å². The van der Waals surface area contributed by atoms with Crippen LogP contribution in [0.15, 0.2) is 35.8 Å². The van der Waals surface area contributed by atoms with Crippen molar-refractivity contribution >= 4 is 44.6 Å². The van der Waals surface area contributed by atoms with E-state index in [-0.39, 0.29) is 17.9 Å². The van der Waals surface area contributed by atoms with Crippen molar-refractivity contribution in [1.82, 2.24) is 24.6 Å². The number of nitrogen functional groups attached to an aromatic ring is 1. The van der Waals surface area contributed by atoms with Crippen molar-refractivity contribution in [2.24, 2.45) is 0 Å². The number of ether oxygens (including phenoxy) is 1. The van der Waals surface area contributed by atoms with E-state index in [9.17, 15) is 9.59 Å². The van der Waals surface area contributed by atoms with Gasteiger partial charge in [-0.15, -0.1) is 11.3 Å². The van der Waals surface area contributed by atoms with Gasteiger partial charge in [-0.25, -0.2) is 9.97 Å². The van der Waals surface area contributed by atoms with Crippen LogP contribution in [0.1, 0.15) is 39.5 Å². The van der Waals surface area contributed by atoms with Crippen LogP contribution in [0.5, 0.6) is 5.75 Å². The van der Waals surface area contributed by atoms with E-state index in [1.165, 1.54) is 22.7 Å². The molecule has 0 radical (unpaired) electrons. The van der Waals surface area contributed by atoms with Crippen molar-refractivity contribution in [3.8, 4) is 16.2 Å². The lowest BCUT2D eigenvalue weighted by atomic mass is 10.1. The van der Waals surface area contributed by atoms with E-state index in [4.69, 9.17) is 10.5 Å². The predicted molar refractivity (Wildman–Crippen MR) is 133 cm³/mol. The van der Waals surface area contributed by atoms with Crippen molar-refractivity contribution in [2.75, 3.05) is 25.9 Å². The zero-order chi connectivity index (χ0) is 23.8. The summed E-state index contributed by atoms with van der Waals surface area (Å²) in [7, 11) is 1.60. The van der Waals surface area contributed by atoms with E-state index in [1.807, 2.05) is 42.8 Å². The van der Waals surface area contributed by atoms with E-state index in [0.29, 0.717) is 45.9 Å². The zero-order valence-corrected chi connectivity index (χ0v) is 20.4. The number of rotatable bonds is 8. The number of thiazole rings is 2. The largest absolute Gasteiger partial charge is 0.497 e. The molecule has 1 fully saturated rings. The van der Waals surface area contributed by atoms with E-state index in [0.717, 1.165) is 23.4 Å². The maximum Gasteiger partial charge on any atom is 0.274 e. The molecule has 34 heavy (non-hydrogen) atoms. The van der Waals surface area contributed by atoms with Gasteiger partial charge in [-0.1, -0.05) is 23.5 Å². The van der Waals surface area contributed by atoms with Gasteiger partial charge in [0.2, 0.25) is 0 Å². The van der Waals surface area contributed by atoms with Crippen LogP contribution in [-0.4, -0.2) is 57.3 Å². The lowest BCUT2D eigenvalue weighted by Gasteiger charge is -2.22. The summed E-state index contributed by atoms with van der Waals surface area (Å²) < 4.78 is 7.12. The molecule has 3 N–H and O–H groups in total. The number of carbonyl (C=O) groups is 2. The summed E-state index contributed by atoms with van der Waals surface area (Å²) in [6.07, 6.45) is 3.71. The number of nitrogens with one attached hydrogen (secondary N) is 1. The predicted octanol–water partition coefficient (Wildman–Crippen LogP) is 3.45. The smallest absolute Gasteiger partial charge is 0.274 e. The topological polar surface area (TPSA) is 115 Å². The highest BCUT2D eigenvalue weighted by molar-refractivity contribution is 7.19. The quantitative estimate of drug-likeness (QED) is 0.386. The monoisotopic (exact) mass is 496 g/mol. The summed E-state index contributed by atoms with van der Waals surface area (Å²) in [5.41, 5.74) is 8.37. The molecule has 1 aliphatic carbocycles. The van der Waals surface area contributed by atoms with Crippen molar-refractivity contribution < 1.29 is 14.3 Å². The first-order valence-electron chi connectivity index (χ1n) is 10.9. The molecular weight excluding hydrogens is 472 g/mol. The highest BCUT2D eigenvalue weighted by Gasteiger charge is 2.35. The molecule has 1 aromatic carbocycles. The Balaban J connectivity index is 1.32. The molecule has 0 saturated heterocycles. The maximum absolute atomic E-state index is 13.5. The molecule has 3 aromatic heterocycles. The van der Waals surface area contributed by atoms with Crippen LogP contribution >= 0.6 is 22.7 Å². The number of hydrogen-bond acceptors (Lipinski definition) is 8. The SMILES string of the molecule is COc1cccc(-c2sc(N)nc2C(=O)N(CCNC(=O)c2c(C)nc3sccn23)C2CC2)c1. The second kappa shape index (κ2) is 9.07. The van der Waals surface area contributed by atoms with Crippen LogP contribution in [0.2, 0.25) is 0 Å². The molecule has 5 rings (SSSR count). The van der Waals surface area contributed by atoms with E-state index in [2.05, 4.69) is 15.3 Å². The molecule has 3 heterocycles. The van der Waals surface area contributed by atoms with Gasteiger partial charge in [-0.3, -0.25) is 14.0 Å². The summed E-state index contributed by atoms with van der Waals surface area (Å²) in [4.78, 5) is 38.5.